The Bertz CT molecular complexity index is 1090. The maximum Gasteiger partial charge on any atom is 0.649 e. The smallest absolute Gasteiger partial charge is 0.326 e. The standard InChI is InChI=1S/C22H18BNO2/c1-24(22-13-7-6-12-21(22)23(24)26-25)15-20-18-10-4-2-8-16(18)14-17-9-3-5-11-19(17)20/h2-14H,15H2,1H3/p+1/t24-/m0/s1. The van der Waals surface area contributed by atoms with Crippen LogP contribution in [0.1, 0.15) is 5.56 Å². The van der Waals surface area contributed by atoms with Crippen LogP contribution >= 0.6 is 0 Å². The predicted molar refractivity (Wildman–Crippen MR) is 108 cm³/mol. The zero-order valence-corrected chi connectivity index (χ0v) is 14.6. The topological polar surface area (TPSA) is 29.5 Å². The van der Waals surface area contributed by atoms with Gasteiger partial charge in [0.2, 0.25) is 0 Å². The van der Waals surface area contributed by atoms with Crippen LogP contribution in [-0.2, 0) is 11.3 Å². The first kappa shape index (κ1) is 15.6. The van der Waals surface area contributed by atoms with E-state index in [2.05, 4.69) is 67.7 Å². The Kier molecular flexibility index (Phi) is 3.40. The van der Waals surface area contributed by atoms with E-state index in [0.717, 1.165) is 12.0 Å². The van der Waals surface area contributed by atoms with Crippen LogP contribution in [-0.4, -0.2) is 19.4 Å². The van der Waals surface area contributed by atoms with Crippen molar-refractivity contribution < 1.29 is 10.1 Å². The molecule has 0 spiro atoms. The summed E-state index contributed by atoms with van der Waals surface area (Å²) in [6.45, 7) is 0.754. The van der Waals surface area contributed by atoms with Gasteiger partial charge in [0.05, 0.1) is 19.1 Å². The molecular weight excluding hydrogens is 321 g/mol. The molecule has 0 amide bonds. The van der Waals surface area contributed by atoms with E-state index in [4.69, 9.17) is 4.81 Å². The largest absolute Gasteiger partial charge is 0.649 e. The number of rotatable bonds is 3. The van der Waals surface area contributed by atoms with Crippen molar-refractivity contribution in [2.45, 2.75) is 6.54 Å². The quantitative estimate of drug-likeness (QED) is 0.260. The van der Waals surface area contributed by atoms with Gasteiger partial charge in [-0.1, -0.05) is 66.7 Å². The summed E-state index contributed by atoms with van der Waals surface area (Å²) in [6.07, 6.45) is 0. The highest BCUT2D eigenvalue weighted by molar-refractivity contribution is 6.75. The summed E-state index contributed by atoms with van der Waals surface area (Å²) in [6, 6.07) is 27.5. The van der Waals surface area contributed by atoms with Crippen molar-refractivity contribution in [3.8, 4) is 0 Å². The molecule has 1 heterocycles. The van der Waals surface area contributed by atoms with E-state index in [1.165, 1.54) is 32.8 Å². The number of para-hydroxylation sites is 1. The summed E-state index contributed by atoms with van der Waals surface area (Å²) in [7, 11) is 1.77. The van der Waals surface area contributed by atoms with E-state index in [-0.39, 0.29) is 7.05 Å². The predicted octanol–water partition coefficient (Wildman–Crippen LogP) is 4.33. The maximum atomic E-state index is 9.56. The molecule has 5 rings (SSSR count). The van der Waals surface area contributed by atoms with Gasteiger partial charge in [-0.05, 0) is 33.7 Å². The van der Waals surface area contributed by atoms with Crippen LogP contribution in [0.25, 0.3) is 21.5 Å². The van der Waals surface area contributed by atoms with Crippen LogP contribution in [0.15, 0.2) is 78.9 Å². The average molecular weight is 340 g/mol. The van der Waals surface area contributed by atoms with Crippen LogP contribution in [0.5, 0.6) is 0 Å². The van der Waals surface area contributed by atoms with Gasteiger partial charge in [0.1, 0.15) is 5.69 Å². The SMILES string of the molecule is C[N@@+]1(Cc2c3ccccc3cc3ccccc23)B(OO)c2ccccc21. The molecule has 0 bridgehead atoms. The van der Waals surface area contributed by atoms with Gasteiger partial charge in [-0.2, -0.15) is 0 Å². The minimum absolute atomic E-state index is 0.357. The van der Waals surface area contributed by atoms with Crippen LogP contribution in [0.3, 0.4) is 0 Å². The third-order valence-corrected chi connectivity index (χ3v) is 5.74. The molecule has 3 nitrogen and oxygen atoms in total. The highest BCUT2D eigenvalue weighted by Gasteiger charge is 2.58. The first-order valence-electron chi connectivity index (χ1n) is 8.87. The van der Waals surface area contributed by atoms with Gasteiger partial charge < -0.3 is 4.39 Å². The Balaban J connectivity index is 1.74. The molecule has 1 aliphatic heterocycles. The molecule has 1 aliphatic rings. The summed E-state index contributed by atoms with van der Waals surface area (Å²) < 4.78 is 0.532. The Morgan fingerprint density at radius 1 is 0.846 bits per heavy atom. The fourth-order valence-corrected chi connectivity index (χ4v) is 4.46. The first-order chi connectivity index (χ1) is 12.7. The van der Waals surface area contributed by atoms with Crippen molar-refractivity contribution in [2.75, 3.05) is 7.05 Å². The lowest BCUT2D eigenvalue weighted by atomic mass is 9.58. The van der Waals surface area contributed by atoms with Crippen molar-refractivity contribution >= 4 is 39.7 Å². The molecule has 4 aromatic rings. The van der Waals surface area contributed by atoms with Crippen molar-refractivity contribution in [1.82, 2.24) is 4.39 Å². The van der Waals surface area contributed by atoms with Gasteiger partial charge in [0.25, 0.3) is 0 Å². The van der Waals surface area contributed by atoms with Crippen molar-refractivity contribution in [1.29, 1.82) is 0 Å². The Morgan fingerprint density at radius 2 is 1.42 bits per heavy atom. The molecule has 1 N–H and O–H groups in total. The molecule has 0 aliphatic carbocycles. The Hall–Kier alpha value is -2.66. The molecule has 4 aromatic carbocycles. The zero-order chi connectivity index (χ0) is 17.7. The van der Waals surface area contributed by atoms with Gasteiger partial charge in [0.15, 0.2) is 0 Å². The summed E-state index contributed by atoms with van der Waals surface area (Å²) in [4.78, 5) is 4.90. The second-order valence-electron chi connectivity index (χ2n) is 7.24. The number of fused-ring (bicyclic) bond motifs is 3. The second-order valence-corrected chi connectivity index (χ2v) is 7.24. The van der Waals surface area contributed by atoms with E-state index < -0.39 is 0 Å². The Labute approximate surface area is 152 Å². The highest BCUT2D eigenvalue weighted by atomic mass is 17.1. The molecule has 0 saturated carbocycles. The molecule has 0 saturated heterocycles. The van der Waals surface area contributed by atoms with Crippen LogP contribution in [0.4, 0.5) is 5.69 Å². The second kappa shape index (κ2) is 5.68. The number of benzene rings is 4. The summed E-state index contributed by atoms with van der Waals surface area (Å²) in [5.41, 5.74) is 3.54. The van der Waals surface area contributed by atoms with Crippen LogP contribution in [0.2, 0.25) is 0 Å². The summed E-state index contributed by atoms with van der Waals surface area (Å²) in [5, 5.41) is 14.5. The van der Waals surface area contributed by atoms with Gasteiger partial charge in [-0.15, -0.1) is 0 Å². The number of hydrogen-bond acceptors (Lipinski definition) is 2. The van der Waals surface area contributed by atoms with E-state index in [1.807, 2.05) is 18.2 Å². The lowest BCUT2D eigenvalue weighted by Crippen LogP contribution is -2.73. The lowest BCUT2D eigenvalue weighted by Gasteiger charge is -2.45. The molecular formula is C22H19BNO2+. The Morgan fingerprint density at radius 3 is 2.08 bits per heavy atom. The highest BCUT2D eigenvalue weighted by Crippen LogP contribution is 2.37. The molecule has 0 radical (unpaired) electrons. The molecule has 26 heavy (non-hydrogen) atoms. The van der Waals surface area contributed by atoms with Crippen molar-refractivity contribution in [2.24, 2.45) is 0 Å². The van der Waals surface area contributed by atoms with Crippen molar-refractivity contribution in [3.63, 3.8) is 0 Å². The maximum absolute atomic E-state index is 9.56. The van der Waals surface area contributed by atoms with E-state index in [1.54, 1.807) is 0 Å². The van der Waals surface area contributed by atoms with Crippen molar-refractivity contribution in [3.05, 3.63) is 84.4 Å². The summed E-state index contributed by atoms with van der Waals surface area (Å²) in [5.74, 6) is 0. The van der Waals surface area contributed by atoms with E-state index in [9.17, 15) is 5.26 Å². The third kappa shape index (κ3) is 2.07. The van der Waals surface area contributed by atoms with Gasteiger partial charge in [-0.3, -0.25) is 5.26 Å². The number of quaternary nitrogens is 1. The van der Waals surface area contributed by atoms with Crippen LogP contribution < -0.4 is 9.86 Å². The molecule has 0 aromatic heterocycles. The van der Waals surface area contributed by atoms with Crippen LogP contribution in [0, 0.1) is 0 Å². The molecule has 4 heteroatoms. The number of nitrogens with zero attached hydrogens (tertiary/aromatic N) is 1. The zero-order valence-electron chi connectivity index (χ0n) is 14.6. The first-order valence-corrected chi connectivity index (χ1v) is 8.87. The van der Waals surface area contributed by atoms with E-state index >= 15 is 0 Å². The molecule has 1 atom stereocenters. The van der Waals surface area contributed by atoms with Gasteiger partial charge in [-0.25, -0.2) is 4.81 Å². The fraction of sp³-hybridized carbons (Fsp3) is 0.0909. The number of hydrogen-bond donors (Lipinski definition) is 1. The minimum Gasteiger partial charge on any atom is -0.326 e. The summed E-state index contributed by atoms with van der Waals surface area (Å²) >= 11 is 0. The lowest BCUT2D eigenvalue weighted by molar-refractivity contribution is -0.151. The molecule has 0 fully saturated rings. The molecule has 126 valence electrons. The minimum atomic E-state index is -0.357. The third-order valence-electron chi connectivity index (χ3n) is 5.74. The van der Waals surface area contributed by atoms with E-state index in [0.29, 0.717) is 4.39 Å². The fourth-order valence-electron chi connectivity index (χ4n) is 4.46. The monoisotopic (exact) mass is 340 g/mol. The van der Waals surface area contributed by atoms with Gasteiger partial charge >= 0.3 is 7.05 Å². The molecule has 0 unspecified atom stereocenters. The normalized spacial score (nSPS) is 18.8. The van der Waals surface area contributed by atoms with Gasteiger partial charge in [0, 0.05) is 5.56 Å². The average Bonchev–Trinajstić information content (AvgIpc) is 2.68.